The fourth-order valence-electron chi connectivity index (χ4n) is 2.03. The van der Waals surface area contributed by atoms with E-state index < -0.39 is 0 Å². The van der Waals surface area contributed by atoms with E-state index in [1.54, 1.807) is 6.20 Å². The Morgan fingerprint density at radius 2 is 2.00 bits per heavy atom. The van der Waals surface area contributed by atoms with Crippen LogP contribution in [-0.2, 0) is 11.2 Å². The molecule has 1 atom stereocenters. The molecule has 0 saturated heterocycles. The molecule has 0 aliphatic carbocycles. The smallest absolute Gasteiger partial charge is 0.220 e. The summed E-state index contributed by atoms with van der Waals surface area (Å²) < 4.78 is 0. The molecule has 1 aromatic heterocycles. The van der Waals surface area contributed by atoms with Crippen molar-refractivity contribution in [1.82, 2.24) is 10.3 Å². The van der Waals surface area contributed by atoms with E-state index in [0.29, 0.717) is 12.8 Å². The third kappa shape index (κ3) is 3.82. The fourth-order valence-corrected chi connectivity index (χ4v) is 2.03. The number of nitrogen functional groups attached to an aromatic ring is 1. The highest BCUT2D eigenvalue weighted by molar-refractivity contribution is 5.76. The molecule has 0 unspecified atom stereocenters. The fraction of sp³-hybridized carbons (Fsp3) is 0.250. The molecule has 4 nitrogen and oxygen atoms in total. The van der Waals surface area contributed by atoms with Crippen molar-refractivity contribution in [2.24, 2.45) is 0 Å². The number of pyridine rings is 1. The SMILES string of the molecule is C[C@@H](NC(=O)CCc1ccccc1N)c1ccccn1. The van der Waals surface area contributed by atoms with Crippen molar-refractivity contribution in [1.29, 1.82) is 0 Å². The molecular formula is C16H19N3O. The number of rotatable bonds is 5. The molecule has 3 N–H and O–H groups in total. The van der Waals surface area contributed by atoms with Crippen molar-refractivity contribution >= 4 is 11.6 Å². The number of para-hydroxylation sites is 1. The van der Waals surface area contributed by atoms with Crippen molar-refractivity contribution in [3.63, 3.8) is 0 Å². The number of aryl methyl sites for hydroxylation is 1. The van der Waals surface area contributed by atoms with Crippen molar-refractivity contribution in [3.8, 4) is 0 Å². The van der Waals surface area contributed by atoms with Gasteiger partial charge in [-0.15, -0.1) is 0 Å². The molecular weight excluding hydrogens is 250 g/mol. The van der Waals surface area contributed by atoms with E-state index in [2.05, 4.69) is 10.3 Å². The van der Waals surface area contributed by atoms with E-state index in [1.165, 1.54) is 0 Å². The van der Waals surface area contributed by atoms with E-state index in [4.69, 9.17) is 5.73 Å². The Morgan fingerprint density at radius 3 is 2.70 bits per heavy atom. The molecule has 0 spiro atoms. The second-order valence-corrected chi connectivity index (χ2v) is 4.74. The highest BCUT2D eigenvalue weighted by Crippen LogP contribution is 2.13. The maximum absolute atomic E-state index is 11.9. The van der Waals surface area contributed by atoms with Gasteiger partial charge in [-0.2, -0.15) is 0 Å². The lowest BCUT2D eigenvalue weighted by atomic mass is 10.1. The summed E-state index contributed by atoms with van der Waals surface area (Å²) in [5, 5.41) is 2.94. The molecule has 0 saturated carbocycles. The second-order valence-electron chi connectivity index (χ2n) is 4.74. The predicted molar refractivity (Wildman–Crippen MR) is 80.0 cm³/mol. The van der Waals surface area contributed by atoms with Crippen LogP contribution in [0.3, 0.4) is 0 Å². The van der Waals surface area contributed by atoms with E-state index in [1.807, 2.05) is 49.4 Å². The van der Waals surface area contributed by atoms with E-state index in [-0.39, 0.29) is 11.9 Å². The Labute approximate surface area is 119 Å². The monoisotopic (exact) mass is 269 g/mol. The number of hydrogen-bond donors (Lipinski definition) is 2. The van der Waals surface area contributed by atoms with Gasteiger partial charge in [-0.1, -0.05) is 24.3 Å². The van der Waals surface area contributed by atoms with Crippen LogP contribution in [-0.4, -0.2) is 10.9 Å². The van der Waals surface area contributed by atoms with Crippen LogP contribution < -0.4 is 11.1 Å². The number of nitrogens with one attached hydrogen (secondary N) is 1. The average molecular weight is 269 g/mol. The first-order chi connectivity index (χ1) is 9.66. The molecule has 1 heterocycles. The van der Waals surface area contributed by atoms with Gasteiger partial charge in [0, 0.05) is 18.3 Å². The summed E-state index contributed by atoms with van der Waals surface area (Å²) in [5.41, 5.74) is 8.46. The molecule has 1 amide bonds. The van der Waals surface area contributed by atoms with Gasteiger partial charge in [-0.3, -0.25) is 9.78 Å². The number of nitrogens with two attached hydrogens (primary N) is 1. The number of aromatic nitrogens is 1. The van der Waals surface area contributed by atoms with Crippen LogP contribution in [0.4, 0.5) is 5.69 Å². The highest BCUT2D eigenvalue weighted by atomic mass is 16.1. The third-order valence-corrected chi connectivity index (χ3v) is 3.19. The maximum atomic E-state index is 11.9. The number of nitrogens with zero attached hydrogens (tertiary/aromatic N) is 1. The second kappa shape index (κ2) is 6.70. The molecule has 1 aromatic carbocycles. The molecule has 104 valence electrons. The van der Waals surface area contributed by atoms with Crippen molar-refractivity contribution < 1.29 is 4.79 Å². The van der Waals surface area contributed by atoms with Crippen molar-refractivity contribution in [2.45, 2.75) is 25.8 Å². The number of carbonyl (C=O) groups excluding carboxylic acids is 1. The number of anilines is 1. The van der Waals surface area contributed by atoms with Gasteiger partial charge in [0.15, 0.2) is 0 Å². The van der Waals surface area contributed by atoms with Crippen molar-refractivity contribution in [2.75, 3.05) is 5.73 Å². The maximum Gasteiger partial charge on any atom is 0.220 e. The van der Waals surface area contributed by atoms with Crippen LogP contribution in [0.25, 0.3) is 0 Å². The number of benzene rings is 1. The van der Waals surface area contributed by atoms with Crippen LogP contribution in [0.5, 0.6) is 0 Å². The van der Waals surface area contributed by atoms with Gasteiger partial charge in [-0.05, 0) is 37.1 Å². The standard InChI is InChI=1S/C16H19N3O/c1-12(15-8-4-5-11-18-15)19-16(20)10-9-13-6-2-3-7-14(13)17/h2-8,11-12H,9-10,17H2,1H3,(H,19,20)/t12-/m1/s1. The summed E-state index contributed by atoms with van der Waals surface area (Å²) >= 11 is 0. The van der Waals surface area contributed by atoms with Gasteiger partial charge in [-0.25, -0.2) is 0 Å². The normalized spacial score (nSPS) is 11.8. The molecule has 0 bridgehead atoms. The van der Waals surface area contributed by atoms with Gasteiger partial charge in [0.2, 0.25) is 5.91 Å². The number of carbonyl (C=O) groups is 1. The van der Waals surface area contributed by atoms with E-state index in [9.17, 15) is 4.79 Å². The quantitative estimate of drug-likeness (QED) is 0.819. The summed E-state index contributed by atoms with van der Waals surface area (Å²) in [5.74, 6) is 0.00593. The lowest BCUT2D eigenvalue weighted by molar-refractivity contribution is -0.121. The largest absolute Gasteiger partial charge is 0.399 e. The first-order valence-electron chi connectivity index (χ1n) is 6.70. The van der Waals surface area contributed by atoms with Crippen LogP contribution in [0.1, 0.15) is 30.6 Å². The molecule has 0 aliphatic rings. The topological polar surface area (TPSA) is 68.0 Å². The average Bonchev–Trinajstić information content (AvgIpc) is 2.47. The molecule has 4 heteroatoms. The van der Waals surface area contributed by atoms with Crippen LogP contribution in [0.15, 0.2) is 48.7 Å². The highest BCUT2D eigenvalue weighted by Gasteiger charge is 2.10. The van der Waals surface area contributed by atoms with Gasteiger partial charge in [0.05, 0.1) is 11.7 Å². The molecule has 0 aliphatic heterocycles. The first-order valence-corrected chi connectivity index (χ1v) is 6.70. The minimum Gasteiger partial charge on any atom is -0.399 e. The molecule has 20 heavy (non-hydrogen) atoms. The van der Waals surface area contributed by atoms with Crippen LogP contribution in [0, 0.1) is 0 Å². The molecule has 0 fully saturated rings. The lowest BCUT2D eigenvalue weighted by Gasteiger charge is -2.13. The summed E-state index contributed by atoms with van der Waals surface area (Å²) in [7, 11) is 0. The number of amides is 1. The minimum absolute atomic E-state index is 0.00593. The lowest BCUT2D eigenvalue weighted by Crippen LogP contribution is -2.27. The zero-order chi connectivity index (χ0) is 14.4. The van der Waals surface area contributed by atoms with Gasteiger partial charge < -0.3 is 11.1 Å². The van der Waals surface area contributed by atoms with E-state index in [0.717, 1.165) is 16.9 Å². The van der Waals surface area contributed by atoms with Gasteiger partial charge in [0.1, 0.15) is 0 Å². The Morgan fingerprint density at radius 1 is 1.25 bits per heavy atom. The summed E-state index contributed by atoms with van der Waals surface area (Å²) in [6, 6.07) is 13.2. The zero-order valence-electron chi connectivity index (χ0n) is 11.5. The van der Waals surface area contributed by atoms with Crippen molar-refractivity contribution in [3.05, 3.63) is 59.9 Å². The Hall–Kier alpha value is -2.36. The summed E-state index contributed by atoms with van der Waals surface area (Å²) in [4.78, 5) is 16.2. The predicted octanol–water partition coefficient (Wildman–Crippen LogP) is 2.47. The zero-order valence-corrected chi connectivity index (χ0v) is 11.5. The summed E-state index contributed by atoms with van der Waals surface area (Å²) in [6.45, 7) is 1.93. The minimum atomic E-state index is -0.0863. The molecule has 2 aromatic rings. The van der Waals surface area contributed by atoms with Gasteiger partial charge >= 0.3 is 0 Å². The Balaban J connectivity index is 1.86. The Bertz CT molecular complexity index is 569. The summed E-state index contributed by atoms with van der Waals surface area (Å²) in [6.07, 6.45) is 2.79. The van der Waals surface area contributed by atoms with Gasteiger partial charge in [0.25, 0.3) is 0 Å². The van der Waals surface area contributed by atoms with Crippen LogP contribution in [0.2, 0.25) is 0 Å². The van der Waals surface area contributed by atoms with E-state index >= 15 is 0 Å². The number of hydrogen-bond acceptors (Lipinski definition) is 3. The third-order valence-electron chi connectivity index (χ3n) is 3.19. The Kier molecular flexibility index (Phi) is 4.71. The molecule has 0 radical (unpaired) electrons. The first kappa shape index (κ1) is 14.1. The van der Waals surface area contributed by atoms with Crippen LogP contribution >= 0.6 is 0 Å². The molecule has 2 rings (SSSR count).